The molecule has 6 rings (SSSR count). The number of halogens is 1. The van der Waals surface area contributed by atoms with Gasteiger partial charge in [-0.1, -0.05) is 18.2 Å². The summed E-state index contributed by atoms with van der Waals surface area (Å²) in [5.41, 5.74) is 2.90. The largest absolute Gasteiger partial charge is 0.444 e. The van der Waals surface area contributed by atoms with Gasteiger partial charge in [-0.05, 0) is 88.5 Å². The number of carbonyl (C=O) groups excluding carboxylic acids is 1. The highest BCUT2D eigenvalue weighted by atomic mass is 19.1. The second-order valence-corrected chi connectivity index (χ2v) is 12.5. The van der Waals surface area contributed by atoms with Crippen molar-refractivity contribution in [1.82, 2.24) is 29.8 Å². The van der Waals surface area contributed by atoms with Crippen LogP contribution in [0.2, 0.25) is 0 Å². The molecule has 1 amide bonds. The molecule has 0 aliphatic carbocycles. The van der Waals surface area contributed by atoms with Crippen LogP contribution in [0.4, 0.5) is 20.8 Å². The van der Waals surface area contributed by atoms with Gasteiger partial charge in [0, 0.05) is 39.3 Å². The Morgan fingerprint density at radius 2 is 1.84 bits per heavy atom. The fraction of sp³-hybridized carbons (Fsp3) is 0.455. The summed E-state index contributed by atoms with van der Waals surface area (Å²) in [6.45, 7) is 11.6. The molecule has 0 unspecified atom stereocenters. The first-order chi connectivity index (χ1) is 21.2. The van der Waals surface area contributed by atoms with Crippen molar-refractivity contribution < 1.29 is 13.9 Å². The van der Waals surface area contributed by atoms with Crippen LogP contribution in [-0.4, -0.2) is 82.0 Å². The Hall–Kier alpha value is -4.25. The third-order valence-corrected chi connectivity index (χ3v) is 8.14. The first-order valence-corrected chi connectivity index (χ1v) is 15.5. The number of nitrogens with zero attached hydrogens (tertiary/aromatic N) is 7. The normalized spacial score (nSPS) is 17.8. The van der Waals surface area contributed by atoms with E-state index in [1.165, 1.54) is 6.07 Å². The Kier molecular flexibility index (Phi) is 8.65. The van der Waals surface area contributed by atoms with Gasteiger partial charge in [0.2, 0.25) is 0 Å². The zero-order valence-electron chi connectivity index (χ0n) is 25.7. The lowest BCUT2D eigenvalue weighted by molar-refractivity contribution is 0.0525. The van der Waals surface area contributed by atoms with Gasteiger partial charge < -0.3 is 19.9 Å². The molecule has 0 spiro atoms. The highest BCUT2D eigenvalue weighted by molar-refractivity contribution is 5.67. The molecular formula is C33H41FN8O2. The third kappa shape index (κ3) is 6.93. The van der Waals surface area contributed by atoms with Crippen molar-refractivity contribution in [3.05, 3.63) is 72.2 Å². The van der Waals surface area contributed by atoms with Crippen LogP contribution in [0, 0.1) is 5.82 Å². The molecule has 2 saturated heterocycles. The Labute approximate surface area is 257 Å². The number of nitrogens with one attached hydrogen (secondary N) is 1. The van der Waals surface area contributed by atoms with Crippen LogP contribution in [0.3, 0.4) is 0 Å². The molecule has 4 aromatic rings. The number of alkyl carbamates (subject to hydrolysis) is 1. The monoisotopic (exact) mass is 600 g/mol. The number of amides is 1. The molecule has 11 heteroatoms. The highest BCUT2D eigenvalue weighted by Crippen LogP contribution is 2.35. The molecule has 1 aromatic carbocycles. The topological polar surface area (TPSA) is 91.1 Å². The summed E-state index contributed by atoms with van der Waals surface area (Å²) in [6.07, 6.45) is 4.32. The number of imidazole rings is 1. The van der Waals surface area contributed by atoms with Crippen LogP contribution in [-0.2, 0) is 4.74 Å². The summed E-state index contributed by atoms with van der Waals surface area (Å²) in [6, 6.07) is 17.0. The van der Waals surface area contributed by atoms with Crippen molar-refractivity contribution >= 4 is 23.4 Å². The molecule has 2 aliphatic rings. The fourth-order valence-electron chi connectivity index (χ4n) is 6.04. The van der Waals surface area contributed by atoms with E-state index in [1.807, 2.05) is 61.8 Å². The Balaban J connectivity index is 1.09. The maximum absolute atomic E-state index is 14.0. The molecule has 44 heavy (non-hydrogen) atoms. The number of pyridine rings is 1. The second-order valence-electron chi connectivity index (χ2n) is 12.5. The van der Waals surface area contributed by atoms with Gasteiger partial charge in [0.1, 0.15) is 28.7 Å². The Morgan fingerprint density at radius 1 is 1.02 bits per heavy atom. The lowest BCUT2D eigenvalue weighted by atomic mass is 10.0. The number of hydrogen-bond acceptors (Lipinski definition) is 8. The number of anilines is 2. The van der Waals surface area contributed by atoms with Crippen LogP contribution in [0.5, 0.6) is 0 Å². The van der Waals surface area contributed by atoms with Crippen molar-refractivity contribution in [1.29, 1.82) is 0 Å². The maximum atomic E-state index is 14.0. The second kappa shape index (κ2) is 12.8. The van der Waals surface area contributed by atoms with E-state index in [9.17, 15) is 9.18 Å². The van der Waals surface area contributed by atoms with Crippen LogP contribution in [0.15, 0.2) is 60.8 Å². The number of hydrogen-bond donors (Lipinski definition) is 1. The lowest BCUT2D eigenvalue weighted by Gasteiger charge is -2.35. The summed E-state index contributed by atoms with van der Waals surface area (Å²) < 4.78 is 21.2. The average Bonchev–Trinajstić information content (AvgIpc) is 3.66. The summed E-state index contributed by atoms with van der Waals surface area (Å²) in [5.74, 6) is 1.57. The van der Waals surface area contributed by atoms with Gasteiger partial charge in [0.15, 0.2) is 5.65 Å². The number of aromatic nitrogens is 4. The molecular weight excluding hydrogens is 559 g/mol. The fourth-order valence-corrected chi connectivity index (χ4v) is 6.04. The van der Waals surface area contributed by atoms with Crippen molar-refractivity contribution in [3.8, 4) is 11.4 Å². The number of benzene rings is 1. The summed E-state index contributed by atoms with van der Waals surface area (Å²) in [4.78, 5) is 28.5. The van der Waals surface area contributed by atoms with Crippen LogP contribution in [0.1, 0.15) is 51.6 Å². The van der Waals surface area contributed by atoms with Crippen molar-refractivity contribution in [2.75, 3.05) is 55.6 Å². The molecule has 5 heterocycles. The SMILES string of the molecule is CC(C)(C)OC(=O)NCCCN1CCN(c2cccc(-c3cnc4ccc(N5CCC[C@@H]5c5cccc(F)c5)nn34)n2)CC1. The summed E-state index contributed by atoms with van der Waals surface area (Å²) in [5, 5.41) is 7.84. The zero-order valence-corrected chi connectivity index (χ0v) is 25.7. The summed E-state index contributed by atoms with van der Waals surface area (Å²) >= 11 is 0. The maximum Gasteiger partial charge on any atom is 0.407 e. The van der Waals surface area contributed by atoms with E-state index in [0.717, 1.165) is 92.8 Å². The quantitative estimate of drug-likeness (QED) is 0.272. The minimum atomic E-state index is -0.487. The number of piperazine rings is 1. The van der Waals surface area contributed by atoms with E-state index in [4.69, 9.17) is 14.8 Å². The number of carbonyl (C=O) groups is 1. The average molecular weight is 601 g/mol. The van der Waals surface area contributed by atoms with E-state index >= 15 is 0 Å². The molecule has 2 aliphatic heterocycles. The van der Waals surface area contributed by atoms with E-state index < -0.39 is 5.60 Å². The van der Waals surface area contributed by atoms with Gasteiger partial charge in [0.25, 0.3) is 0 Å². The molecule has 0 saturated carbocycles. The molecule has 2 fully saturated rings. The molecule has 232 valence electrons. The first-order valence-electron chi connectivity index (χ1n) is 15.5. The van der Waals surface area contributed by atoms with Crippen molar-refractivity contribution in [2.45, 2.75) is 51.7 Å². The smallest absolute Gasteiger partial charge is 0.407 e. The Bertz CT molecular complexity index is 1590. The molecule has 10 nitrogen and oxygen atoms in total. The van der Waals surface area contributed by atoms with Gasteiger partial charge in [-0.3, -0.25) is 4.90 Å². The van der Waals surface area contributed by atoms with Crippen LogP contribution in [0.25, 0.3) is 17.0 Å². The standard InChI is InChI=1S/C33H41FN8O2/c1-33(2,3)44-32(43)35-15-7-16-39-18-20-40(21-19-39)30-12-5-10-26(37-30)28-23-36-29-13-14-31(38-42(28)29)41-17-6-11-27(41)24-8-4-9-25(34)22-24/h4-5,8-10,12-14,22-23,27H,6-7,11,15-21H2,1-3H3,(H,35,43)/t27-/m1/s1. The first kappa shape index (κ1) is 29.8. The van der Waals surface area contributed by atoms with E-state index in [0.29, 0.717) is 6.54 Å². The van der Waals surface area contributed by atoms with E-state index in [-0.39, 0.29) is 18.0 Å². The van der Waals surface area contributed by atoms with E-state index in [1.54, 1.807) is 12.1 Å². The number of ether oxygens (including phenoxy) is 1. The highest BCUT2D eigenvalue weighted by Gasteiger charge is 2.28. The molecule has 1 atom stereocenters. The van der Waals surface area contributed by atoms with Gasteiger partial charge in [-0.15, -0.1) is 5.10 Å². The third-order valence-electron chi connectivity index (χ3n) is 8.14. The number of fused-ring (bicyclic) bond motifs is 1. The zero-order chi connectivity index (χ0) is 30.7. The summed E-state index contributed by atoms with van der Waals surface area (Å²) in [7, 11) is 0. The molecule has 0 radical (unpaired) electrons. The van der Waals surface area contributed by atoms with Crippen LogP contribution >= 0.6 is 0 Å². The van der Waals surface area contributed by atoms with Gasteiger partial charge in [-0.2, -0.15) is 0 Å². The van der Waals surface area contributed by atoms with Gasteiger partial charge >= 0.3 is 6.09 Å². The number of rotatable bonds is 8. The predicted octanol–water partition coefficient (Wildman–Crippen LogP) is 5.31. The van der Waals surface area contributed by atoms with Crippen molar-refractivity contribution in [2.24, 2.45) is 0 Å². The minimum absolute atomic E-state index is 0.0870. The molecule has 1 N–H and O–H groups in total. The predicted molar refractivity (Wildman–Crippen MR) is 169 cm³/mol. The van der Waals surface area contributed by atoms with Gasteiger partial charge in [-0.25, -0.2) is 23.7 Å². The van der Waals surface area contributed by atoms with Crippen molar-refractivity contribution in [3.63, 3.8) is 0 Å². The Morgan fingerprint density at radius 3 is 2.64 bits per heavy atom. The minimum Gasteiger partial charge on any atom is -0.444 e. The molecule has 3 aromatic heterocycles. The van der Waals surface area contributed by atoms with Gasteiger partial charge in [0.05, 0.1) is 17.9 Å². The molecule has 0 bridgehead atoms. The van der Waals surface area contributed by atoms with E-state index in [2.05, 4.69) is 31.1 Å². The lowest BCUT2D eigenvalue weighted by Crippen LogP contribution is -2.47. The van der Waals surface area contributed by atoms with Crippen LogP contribution < -0.4 is 15.1 Å².